The molecule has 0 amide bonds. The first-order valence-corrected chi connectivity index (χ1v) is 9.05. The van der Waals surface area contributed by atoms with Crippen molar-refractivity contribution in [3.8, 4) is 0 Å². The monoisotopic (exact) mass is 310 g/mol. The molecule has 21 heavy (non-hydrogen) atoms. The lowest BCUT2D eigenvalue weighted by molar-refractivity contribution is 0.315. The van der Waals surface area contributed by atoms with E-state index >= 15 is 0 Å². The Balaban J connectivity index is 2.51. The molecule has 0 bridgehead atoms. The summed E-state index contributed by atoms with van der Waals surface area (Å²) in [7, 11) is -1.77. The summed E-state index contributed by atoms with van der Waals surface area (Å²) in [6, 6.07) is 3.64. The maximum Gasteiger partial charge on any atom is 0.243 e. The highest BCUT2D eigenvalue weighted by atomic mass is 32.2. The van der Waals surface area contributed by atoms with Crippen LogP contribution >= 0.6 is 0 Å². The van der Waals surface area contributed by atoms with Gasteiger partial charge in [0, 0.05) is 25.3 Å². The van der Waals surface area contributed by atoms with E-state index in [1.54, 1.807) is 13.1 Å². The van der Waals surface area contributed by atoms with Gasteiger partial charge in [0.1, 0.15) is 0 Å². The molecule has 5 heteroatoms. The van der Waals surface area contributed by atoms with Crippen LogP contribution < -0.4 is 5.32 Å². The number of aryl methyl sites for hydroxylation is 1. The van der Waals surface area contributed by atoms with E-state index in [9.17, 15) is 8.42 Å². The summed E-state index contributed by atoms with van der Waals surface area (Å²) >= 11 is 0. The molecule has 118 valence electrons. The summed E-state index contributed by atoms with van der Waals surface area (Å²) in [5.41, 5.74) is 3.07. The number of nitrogens with zero attached hydrogens (tertiary/aromatic N) is 1. The predicted molar refractivity (Wildman–Crippen MR) is 87.2 cm³/mol. The number of sulfonamides is 1. The summed E-state index contributed by atoms with van der Waals surface area (Å²) in [4.78, 5) is 0.463. The van der Waals surface area contributed by atoms with Crippen molar-refractivity contribution in [1.29, 1.82) is 0 Å². The lowest BCUT2D eigenvalue weighted by Crippen LogP contribution is -2.38. The van der Waals surface area contributed by atoms with Crippen LogP contribution in [0.5, 0.6) is 0 Å². The summed E-state index contributed by atoms with van der Waals surface area (Å²) in [5.74, 6) is 0.282. The zero-order chi connectivity index (χ0) is 15.8. The molecule has 0 fully saturated rings. The highest BCUT2D eigenvalue weighted by Gasteiger charge is 2.30. The third-order valence-electron chi connectivity index (χ3n) is 4.58. The quantitative estimate of drug-likeness (QED) is 0.930. The van der Waals surface area contributed by atoms with Crippen LogP contribution in [0.3, 0.4) is 0 Å². The van der Waals surface area contributed by atoms with Crippen molar-refractivity contribution in [3.63, 3.8) is 0 Å². The Labute approximate surface area is 128 Å². The Hall–Kier alpha value is -1.07. The molecule has 1 unspecified atom stereocenters. The fourth-order valence-corrected chi connectivity index (χ4v) is 4.50. The first-order chi connectivity index (χ1) is 9.76. The Bertz CT molecular complexity index is 623. The van der Waals surface area contributed by atoms with E-state index in [0.717, 1.165) is 36.2 Å². The highest BCUT2D eigenvalue weighted by Crippen LogP contribution is 2.33. The highest BCUT2D eigenvalue weighted by molar-refractivity contribution is 7.89. The van der Waals surface area contributed by atoms with Crippen LogP contribution in [-0.2, 0) is 16.4 Å². The molecule has 0 aromatic heterocycles. The van der Waals surface area contributed by atoms with Gasteiger partial charge in [0.05, 0.1) is 4.90 Å². The fourth-order valence-electron chi connectivity index (χ4n) is 2.75. The SMILES string of the molecule is Cc1ccc(S(=O)(=O)N(C)C(C)C(C)C)c2c1NCCC2. The number of hydrogen-bond donors (Lipinski definition) is 1. The lowest BCUT2D eigenvalue weighted by Gasteiger charge is -2.30. The van der Waals surface area contributed by atoms with Crippen molar-refractivity contribution in [3.05, 3.63) is 23.3 Å². The van der Waals surface area contributed by atoms with Crippen molar-refractivity contribution < 1.29 is 8.42 Å². The maximum atomic E-state index is 13.0. The van der Waals surface area contributed by atoms with Crippen LogP contribution in [0.2, 0.25) is 0 Å². The van der Waals surface area contributed by atoms with Crippen molar-refractivity contribution >= 4 is 15.7 Å². The number of anilines is 1. The van der Waals surface area contributed by atoms with Crippen LogP contribution in [0.25, 0.3) is 0 Å². The predicted octanol–water partition coefficient (Wildman–Crippen LogP) is 3.02. The molecule has 1 aliphatic rings. The van der Waals surface area contributed by atoms with Gasteiger partial charge in [-0.05, 0) is 49.8 Å². The fraction of sp³-hybridized carbons (Fsp3) is 0.625. The standard InChI is InChI=1S/C16H26N2O2S/c1-11(2)13(4)18(5)21(19,20)15-9-8-12(3)16-14(15)7-6-10-17-16/h8-9,11,13,17H,6-7,10H2,1-5H3. The number of hydrogen-bond acceptors (Lipinski definition) is 3. The van der Waals surface area contributed by atoms with E-state index in [2.05, 4.69) is 5.32 Å². The molecule has 1 atom stereocenters. The minimum absolute atomic E-state index is 0.0245. The molecular weight excluding hydrogens is 284 g/mol. The van der Waals surface area contributed by atoms with Crippen molar-refractivity contribution in [1.82, 2.24) is 4.31 Å². The van der Waals surface area contributed by atoms with Gasteiger partial charge in [-0.2, -0.15) is 4.31 Å². The van der Waals surface area contributed by atoms with E-state index in [-0.39, 0.29) is 12.0 Å². The Morgan fingerprint density at radius 3 is 2.52 bits per heavy atom. The molecule has 1 aromatic carbocycles. The van der Waals surface area contributed by atoms with Crippen LogP contribution in [0.15, 0.2) is 17.0 Å². The van der Waals surface area contributed by atoms with E-state index < -0.39 is 10.0 Å². The Morgan fingerprint density at radius 1 is 1.24 bits per heavy atom. The normalized spacial score (nSPS) is 16.7. The maximum absolute atomic E-state index is 13.0. The lowest BCUT2D eigenvalue weighted by atomic mass is 10.00. The van der Waals surface area contributed by atoms with Gasteiger partial charge < -0.3 is 5.32 Å². The van der Waals surface area contributed by atoms with Crippen molar-refractivity contribution in [2.45, 2.75) is 51.5 Å². The Kier molecular flexibility index (Phi) is 4.63. The van der Waals surface area contributed by atoms with Gasteiger partial charge in [0.25, 0.3) is 0 Å². The molecule has 1 N–H and O–H groups in total. The molecule has 0 aliphatic carbocycles. The number of fused-ring (bicyclic) bond motifs is 1. The molecule has 1 heterocycles. The van der Waals surface area contributed by atoms with Crippen LogP contribution in [0, 0.1) is 12.8 Å². The molecule has 4 nitrogen and oxygen atoms in total. The second-order valence-electron chi connectivity index (χ2n) is 6.27. The third-order valence-corrected chi connectivity index (χ3v) is 6.61. The smallest absolute Gasteiger partial charge is 0.243 e. The Morgan fingerprint density at radius 2 is 1.90 bits per heavy atom. The zero-order valence-electron chi connectivity index (χ0n) is 13.6. The van der Waals surface area contributed by atoms with Gasteiger partial charge in [0.15, 0.2) is 0 Å². The molecule has 0 spiro atoms. The number of nitrogens with one attached hydrogen (secondary N) is 1. The van der Waals surface area contributed by atoms with E-state index in [1.807, 2.05) is 33.8 Å². The molecule has 1 aliphatic heterocycles. The molecule has 1 aromatic rings. The van der Waals surface area contributed by atoms with Gasteiger partial charge in [-0.1, -0.05) is 19.9 Å². The zero-order valence-corrected chi connectivity index (χ0v) is 14.4. The number of benzene rings is 1. The van der Waals surface area contributed by atoms with Crippen molar-refractivity contribution in [2.75, 3.05) is 18.9 Å². The average Bonchev–Trinajstić information content (AvgIpc) is 2.45. The van der Waals surface area contributed by atoms with Crippen LogP contribution in [-0.4, -0.2) is 32.4 Å². The molecule has 0 radical (unpaired) electrons. The van der Waals surface area contributed by atoms with E-state index in [1.165, 1.54) is 4.31 Å². The molecule has 2 rings (SSSR count). The first kappa shape index (κ1) is 16.3. The minimum atomic E-state index is -3.45. The second-order valence-corrected chi connectivity index (χ2v) is 8.24. The van der Waals surface area contributed by atoms with Crippen molar-refractivity contribution in [2.24, 2.45) is 5.92 Å². The molecule has 0 saturated heterocycles. The van der Waals surface area contributed by atoms with Gasteiger partial charge in [0.2, 0.25) is 10.0 Å². The molecular formula is C16H26N2O2S. The van der Waals surface area contributed by atoms with Gasteiger partial charge in [-0.25, -0.2) is 8.42 Å². The van der Waals surface area contributed by atoms with Gasteiger partial charge >= 0.3 is 0 Å². The minimum Gasteiger partial charge on any atom is -0.385 e. The summed E-state index contributed by atoms with van der Waals surface area (Å²) in [6.07, 6.45) is 1.80. The summed E-state index contributed by atoms with van der Waals surface area (Å²) in [5, 5.41) is 3.35. The summed E-state index contributed by atoms with van der Waals surface area (Å²) in [6.45, 7) is 8.98. The third kappa shape index (κ3) is 2.94. The first-order valence-electron chi connectivity index (χ1n) is 7.61. The van der Waals surface area contributed by atoms with E-state index in [0.29, 0.717) is 4.90 Å². The largest absolute Gasteiger partial charge is 0.385 e. The average molecular weight is 310 g/mol. The number of rotatable bonds is 4. The van der Waals surface area contributed by atoms with Crippen LogP contribution in [0.1, 0.15) is 38.3 Å². The second kappa shape index (κ2) is 5.97. The van der Waals surface area contributed by atoms with E-state index in [4.69, 9.17) is 0 Å². The van der Waals surface area contributed by atoms with Gasteiger partial charge in [-0.15, -0.1) is 0 Å². The van der Waals surface area contributed by atoms with Gasteiger partial charge in [-0.3, -0.25) is 0 Å². The van der Waals surface area contributed by atoms with Crippen LogP contribution in [0.4, 0.5) is 5.69 Å². The summed E-state index contributed by atoms with van der Waals surface area (Å²) < 4.78 is 27.4. The molecule has 0 saturated carbocycles. The topological polar surface area (TPSA) is 49.4 Å².